The molecule has 0 fully saturated rings. The summed E-state index contributed by atoms with van der Waals surface area (Å²) in [5.74, 6) is 0. The summed E-state index contributed by atoms with van der Waals surface area (Å²) >= 11 is 0. The van der Waals surface area contributed by atoms with Gasteiger partial charge in [0.1, 0.15) is 0 Å². The van der Waals surface area contributed by atoms with E-state index >= 15 is 0 Å². The van der Waals surface area contributed by atoms with Crippen LogP contribution in [-0.4, -0.2) is 19.5 Å². The summed E-state index contributed by atoms with van der Waals surface area (Å²) in [6, 6.07) is 0. The van der Waals surface area contributed by atoms with Crippen LogP contribution < -0.4 is 4.72 Å². The lowest BCUT2D eigenvalue weighted by atomic mass is 9.70. The zero-order valence-electron chi connectivity index (χ0n) is 19.1. The number of hydrogen-bond acceptors (Lipinski definition) is 2. The molecule has 2 N–H and O–H groups in total. The van der Waals surface area contributed by atoms with E-state index in [1.165, 1.54) is 103 Å². The molecule has 28 heavy (non-hydrogen) atoms. The van der Waals surface area contributed by atoms with Crippen LogP contribution in [0, 0.1) is 5.41 Å². The highest BCUT2D eigenvalue weighted by Crippen LogP contribution is 2.41. The van der Waals surface area contributed by atoms with Crippen molar-refractivity contribution in [1.82, 2.24) is 4.72 Å². The fourth-order valence-electron chi connectivity index (χ4n) is 4.36. The molecule has 0 aromatic rings. The highest BCUT2D eigenvalue weighted by Gasteiger charge is 2.28. The Bertz CT molecular complexity index is 406. The Hall–Kier alpha value is -0.130. The van der Waals surface area contributed by atoms with Crippen molar-refractivity contribution < 1.29 is 13.0 Å². The number of rotatable bonds is 21. The SMILES string of the molecule is CCCCCCC(CCCCCC)(CCCCCC)CCCCNS(=O)(=O)O. The van der Waals surface area contributed by atoms with Gasteiger partial charge in [-0.1, -0.05) is 104 Å². The lowest BCUT2D eigenvalue weighted by Crippen LogP contribution is -2.25. The molecule has 5 heteroatoms. The van der Waals surface area contributed by atoms with E-state index in [1.807, 2.05) is 0 Å². The quantitative estimate of drug-likeness (QED) is 0.150. The molecule has 0 amide bonds. The topological polar surface area (TPSA) is 66.4 Å². The van der Waals surface area contributed by atoms with Crippen LogP contribution in [0.1, 0.15) is 136 Å². The highest BCUT2D eigenvalue weighted by molar-refractivity contribution is 7.83. The predicted molar refractivity (Wildman–Crippen MR) is 122 cm³/mol. The molecule has 0 unspecified atom stereocenters. The first kappa shape index (κ1) is 27.9. The molecule has 0 saturated heterocycles. The Morgan fingerprint density at radius 2 is 0.964 bits per heavy atom. The molecule has 0 saturated carbocycles. The van der Waals surface area contributed by atoms with E-state index in [9.17, 15) is 8.42 Å². The van der Waals surface area contributed by atoms with Gasteiger partial charge in [-0.2, -0.15) is 13.1 Å². The van der Waals surface area contributed by atoms with Crippen molar-refractivity contribution in [1.29, 1.82) is 0 Å². The van der Waals surface area contributed by atoms with E-state index in [2.05, 4.69) is 25.5 Å². The molecule has 170 valence electrons. The molecule has 0 aliphatic heterocycles. The van der Waals surface area contributed by atoms with Crippen LogP contribution in [0.5, 0.6) is 0 Å². The molecule has 0 radical (unpaired) electrons. The van der Waals surface area contributed by atoms with E-state index < -0.39 is 10.3 Å². The molecule has 0 spiro atoms. The zero-order chi connectivity index (χ0) is 21.1. The van der Waals surface area contributed by atoms with Crippen molar-refractivity contribution in [2.45, 2.75) is 136 Å². The fourth-order valence-corrected chi connectivity index (χ4v) is 4.76. The van der Waals surface area contributed by atoms with Gasteiger partial charge in [-0.25, -0.2) is 0 Å². The van der Waals surface area contributed by atoms with Gasteiger partial charge < -0.3 is 0 Å². The minimum Gasteiger partial charge on any atom is -0.273 e. The van der Waals surface area contributed by atoms with Crippen LogP contribution in [0.3, 0.4) is 0 Å². The van der Waals surface area contributed by atoms with Gasteiger partial charge in [-0.15, -0.1) is 0 Å². The predicted octanol–water partition coefficient (Wildman–Crippen LogP) is 7.45. The van der Waals surface area contributed by atoms with E-state index in [0.717, 1.165) is 12.8 Å². The fraction of sp³-hybridized carbons (Fsp3) is 1.00. The molecule has 0 rings (SSSR count). The summed E-state index contributed by atoms with van der Waals surface area (Å²) in [7, 11) is -4.05. The summed E-state index contributed by atoms with van der Waals surface area (Å²) in [5.41, 5.74) is 0.438. The standard InChI is InChI=1S/C23H49NO3S/c1-4-7-10-13-18-23(19-14-11-8-5-2,20-15-12-9-6-3)21-16-17-22-24-28(25,26)27/h24H,4-22H2,1-3H3,(H,25,26,27). The highest BCUT2D eigenvalue weighted by atomic mass is 32.2. The van der Waals surface area contributed by atoms with Gasteiger partial charge in [0.25, 0.3) is 0 Å². The number of unbranched alkanes of at least 4 members (excludes halogenated alkanes) is 10. The normalized spacial score (nSPS) is 12.6. The van der Waals surface area contributed by atoms with Crippen LogP contribution >= 0.6 is 0 Å². The maximum absolute atomic E-state index is 10.8. The van der Waals surface area contributed by atoms with Crippen molar-refractivity contribution in [2.24, 2.45) is 5.41 Å². The van der Waals surface area contributed by atoms with Crippen molar-refractivity contribution in [3.05, 3.63) is 0 Å². The van der Waals surface area contributed by atoms with Crippen molar-refractivity contribution in [3.63, 3.8) is 0 Å². The lowest BCUT2D eigenvalue weighted by molar-refractivity contribution is 0.172. The number of nitrogens with one attached hydrogen (secondary N) is 1. The van der Waals surface area contributed by atoms with E-state index in [1.54, 1.807) is 0 Å². The second-order valence-electron chi connectivity index (χ2n) is 8.76. The maximum atomic E-state index is 10.8. The maximum Gasteiger partial charge on any atom is 0.333 e. The molecule has 0 aliphatic rings. The Morgan fingerprint density at radius 3 is 1.29 bits per heavy atom. The smallest absolute Gasteiger partial charge is 0.273 e. The Labute approximate surface area is 176 Å². The summed E-state index contributed by atoms with van der Waals surface area (Å²) in [6.07, 6.45) is 22.9. The third-order valence-corrected chi connectivity index (χ3v) is 6.67. The lowest BCUT2D eigenvalue weighted by Gasteiger charge is -2.35. The average Bonchev–Trinajstić information content (AvgIpc) is 2.64. The molecule has 0 aromatic heterocycles. The minimum atomic E-state index is -4.05. The number of hydrogen-bond donors (Lipinski definition) is 2. The molecule has 0 aromatic carbocycles. The van der Waals surface area contributed by atoms with Gasteiger partial charge in [0.2, 0.25) is 0 Å². The summed E-state index contributed by atoms with van der Waals surface area (Å²) in [4.78, 5) is 0. The van der Waals surface area contributed by atoms with Gasteiger partial charge in [-0.05, 0) is 37.5 Å². The van der Waals surface area contributed by atoms with Crippen LogP contribution in [0.2, 0.25) is 0 Å². The Kier molecular flexibility index (Phi) is 17.6. The van der Waals surface area contributed by atoms with Crippen molar-refractivity contribution >= 4 is 10.3 Å². The second kappa shape index (κ2) is 17.7. The van der Waals surface area contributed by atoms with E-state index in [-0.39, 0.29) is 0 Å². The van der Waals surface area contributed by atoms with Crippen molar-refractivity contribution in [3.8, 4) is 0 Å². The first-order chi connectivity index (χ1) is 13.4. The Balaban J connectivity index is 4.75. The third kappa shape index (κ3) is 16.8. The van der Waals surface area contributed by atoms with Crippen LogP contribution in [-0.2, 0) is 10.3 Å². The van der Waals surface area contributed by atoms with Crippen LogP contribution in [0.4, 0.5) is 0 Å². The van der Waals surface area contributed by atoms with E-state index in [0.29, 0.717) is 12.0 Å². The van der Waals surface area contributed by atoms with Crippen LogP contribution in [0.25, 0.3) is 0 Å². The molecule has 0 aliphatic carbocycles. The van der Waals surface area contributed by atoms with Gasteiger partial charge >= 0.3 is 10.3 Å². The van der Waals surface area contributed by atoms with Gasteiger partial charge in [-0.3, -0.25) is 4.55 Å². The monoisotopic (exact) mass is 419 g/mol. The van der Waals surface area contributed by atoms with E-state index in [4.69, 9.17) is 4.55 Å². The summed E-state index contributed by atoms with van der Waals surface area (Å²) < 4.78 is 32.7. The molecular formula is C23H49NO3S. The molecule has 0 bridgehead atoms. The average molecular weight is 420 g/mol. The molecular weight excluding hydrogens is 370 g/mol. The first-order valence-corrected chi connectivity index (χ1v) is 13.5. The third-order valence-electron chi connectivity index (χ3n) is 6.10. The zero-order valence-corrected chi connectivity index (χ0v) is 19.9. The molecule has 0 atom stereocenters. The second-order valence-corrected chi connectivity index (χ2v) is 10.00. The van der Waals surface area contributed by atoms with Gasteiger partial charge in [0.15, 0.2) is 0 Å². The van der Waals surface area contributed by atoms with Crippen LogP contribution in [0.15, 0.2) is 0 Å². The van der Waals surface area contributed by atoms with Gasteiger partial charge in [0.05, 0.1) is 0 Å². The Morgan fingerprint density at radius 1 is 0.607 bits per heavy atom. The van der Waals surface area contributed by atoms with Crippen molar-refractivity contribution in [2.75, 3.05) is 6.54 Å². The minimum absolute atomic E-state index is 0.344. The summed E-state index contributed by atoms with van der Waals surface area (Å²) in [6.45, 7) is 7.15. The molecule has 0 heterocycles. The molecule has 4 nitrogen and oxygen atoms in total. The summed E-state index contributed by atoms with van der Waals surface area (Å²) in [5, 5.41) is 0. The van der Waals surface area contributed by atoms with Gasteiger partial charge in [0, 0.05) is 6.54 Å². The largest absolute Gasteiger partial charge is 0.333 e. The first-order valence-electron chi connectivity index (χ1n) is 12.1.